The zero-order valence-electron chi connectivity index (χ0n) is 14.3. The molecule has 2 heterocycles. The summed E-state index contributed by atoms with van der Waals surface area (Å²) in [6.07, 6.45) is 3.24. The van der Waals surface area contributed by atoms with Crippen molar-refractivity contribution >= 4 is 28.5 Å². The Balaban J connectivity index is 1.85. The first-order valence-electron chi connectivity index (χ1n) is 7.95. The predicted octanol–water partition coefficient (Wildman–Crippen LogP) is 3.02. The largest absolute Gasteiger partial charge is 0.495 e. The van der Waals surface area contributed by atoms with E-state index in [2.05, 4.69) is 10.3 Å². The molecule has 0 spiro atoms. The second-order valence-electron chi connectivity index (χ2n) is 5.78. The Kier molecular flexibility index (Phi) is 5.23. The number of benzene rings is 1. The summed E-state index contributed by atoms with van der Waals surface area (Å²) in [5.74, 6) is 0.153. The van der Waals surface area contributed by atoms with Gasteiger partial charge < -0.3 is 14.5 Å². The second-order valence-corrected chi connectivity index (χ2v) is 6.19. The summed E-state index contributed by atoms with van der Waals surface area (Å²) in [6, 6.07) is 6.86. The molecule has 0 aliphatic heterocycles. The first kappa shape index (κ1) is 17.9. The maximum absolute atomic E-state index is 12.3. The molecule has 0 fully saturated rings. The number of hydrogen-bond acceptors (Lipinski definition) is 5. The van der Waals surface area contributed by atoms with Crippen molar-refractivity contribution in [1.29, 1.82) is 0 Å². The molecule has 7 heteroatoms. The Morgan fingerprint density at radius 3 is 2.73 bits per heavy atom. The molecule has 6 nitrogen and oxygen atoms in total. The van der Waals surface area contributed by atoms with E-state index in [1.54, 1.807) is 31.5 Å². The number of nitrogens with one attached hydrogen (secondary N) is 1. The zero-order chi connectivity index (χ0) is 18.7. The summed E-state index contributed by atoms with van der Waals surface area (Å²) in [5.41, 5.74) is 1.73. The highest BCUT2D eigenvalue weighted by molar-refractivity contribution is 6.32. The summed E-state index contributed by atoms with van der Waals surface area (Å²) in [4.78, 5) is 28.5. The molecule has 0 unspecified atom stereocenters. The van der Waals surface area contributed by atoms with Gasteiger partial charge in [0, 0.05) is 30.4 Å². The number of halogens is 1. The number of amides is 1. The van der Waals surface area contributed by atoms with Crippen molar-refractivity contribution in [2.45, 2.75) is 19.9 Å². The van der Waals surface area contributed by atoms with Crippen molar-refractivity contribution in [2.24, 2.45) is 0 Å². The van der Waals surface area contributed by atoms with Gasteiger partial charge in [-0.05, 0) is 36.2 Å². The minimum atomic E-state index is -0.543. The molecule has 0 bridgehead atoms. The van der Waals surface area contributed by atoms with Gasteiger partial charge in [-0.3, -0.25) is 9.78 Å². The Morgan fingerprint density at radius 1 is 1.31 bits per heavy atom. The van der Waals surface area contributed by atoms with Crippen LogP contribution in [-0.4, -0.2) is 18.0 Å². The number of fused-ring (bicyclic) bond motifs is 1. The molecule has 1 aromatic carbocycles. The maximum Gasteiger partial charge on any atom is 0.340 e. The molecule has 3 aromatic rings. The van der Waals surface area contributed by atoms with Crippen LogP contribution in [0.5, 0.6) is 5.75 Å². The summed E-state index contributed by atoms with van der Waals surface area (Å²) in [5, 5.41) is 3.87. The van der Waals surface area contributed by atoms with Gasteiger partial charge >= 0.3 is 5.63 Å². The van der Waals surface area contributed by atoms with Gasteiger partial charge in [-0.2, -0.15) is 0 Å². The van der Waals surface area contributed by atoms with Crippen LogP contribution in [0.2, 0.25) is 5.02 Å². The minimum Gasteiger partial charge on any atom is -0.495 e. The van der Waals surface area contributed by atoms with Crippen LogP contribution in [0.25, 0.3) is 11.0 Å². The summed E-state index contributed by atoms with van der Waals surface area (Å²) >= 11 is 6.16. The van der Waals surface area contributed by atoms with Gasteiger partial charge in [-0.1, -0.05) is 11.6 Å². The fourth-order valence-electron chi connectivity index (χ4n) is 2.67. The lowest BCUT2D eigenvalue weighted by Gasteiger charge is -2.10. The van der Waals surface area contributed by atoms with Crippen molar-refractivity contribution in [2.75, 3.05) is 7.11 Å². The predicted molar refractivity (Wildman–Crippen MR) is 98.6 cm³/mol. The van der Waals surface area contributed by atoms with Crippen LogP contribution in [0.4, 0.5) is 0 Å². The summed E-state index contributed by atoms with van der Waals surface area (Å²) in [7, 11) is 1.49. The van der Waals surface area contributed by atoms with Crippen LogP contribution in [0, 0.1) is 6.92 Å². The van der Waals surface area contributed by atoms with Crippen LogP contribution in [0.1, 0.15) is 16.7 Å². The molecule has 0 radical (unpaired) electrons. The molecule has 3 rings (SSSR count). The fourth-order valence-corrected chi connectivity index (χ4v) is 2.92. The molecule has 0 aliphatic carbocycles. The topological polar surface area (TPSA) is 81.4 Å². The number of rotatable bonds is 5. The van der Waals surface area contributed by atoms with Crippen molar-refractivity contribution < 1.29 is 13.9 Å². The van der Waals surface area contributed by atoms with Crippen molar-refractivity contribution in [3.8, 4) is 5.75 Å². The molecule has 1 amide bonds. The molecule has 0 aliphatic rings. The lowest BCUT2D eigenvalue weighted by molar-refractivity contribution is -0.120. The van der Waals surface area contributed by atoms with Gasteiger partial charge in [0.15, 0.2) is 0 Å². The highest BCUT2D eigenvalue weighted by Gasteiger charge is 2.16. The molecule has 0 atom stereocenters. The van der Waals surface area contributed by atoms with E-state index in [-0.39, 0.29) is 12.3 Å². The van der Waals surface area contributed by atoms with Gasteiger partial charge in [0.1, 0.15) is 11.3 Å². The first-order chi connectivity index (χ1) is 12.5. The quantitative estimate of drug-likeness (QED) is 0.696. The Bertz CT molecular complexity index is 1020. The Hall–Kier alpha value is -2.86. The fraction of sp³-hybridized carbons (Fsp3) is 0.211. The maximum atomic E-state index is 12.3. The lowest BCUT2D eigenvalue weighted by Crippen LogP contribution is -2.27. The van der Waals surface area contributed by atoms with Gasteiger partial charge in [-0.15, -0.1) is 0 Å². The molecule has 0 saturated carbocycles. The van der Waals surface area contributed by atoms with Gasteiger partial charge in [0.25, 0.3) is 0 Å². The SMILES string of the molecule is COc1cc2oc(=O)c(CC(=O)NCc3ccncc3)c(C)c2cc1Cl. The third-order valence-electron chi connectivity index (χ3n) is 4.14. The molecule has 2 aromatic heterocycles. The smallest absolute Gasteiger partial charge is 0.340 e. The van der Waals surface area contributed by atoms with Crippen LogP contribution in [-0.2, 0) is 17.8 Å². The molecular weight excluding hydrogens is 356 g/mol. The first-order valence-corrected chi connectivity index (χ1v) is 8.33. The van der Waals surface area contributed by atoms with Gasteiger partial charge in [0.05, 0.1) is 24.1 Å². The number of methoxy groups -OCH3 is 1. The average Bonchev–Trinajstić information content (AvgIpc) is 2.64. The third-order valence-corrected chi connectivity index (χ3v) is 4.43. The summed E-state index contributed by atoms with van der Waals surface area (Å²) in [6.45, 7) is 2.13. The summed E-state index contributed by atoms with van der Waals surface area (Å²) < 4.78 is 10.5. The normalized spacial score (nSPS) is 10.7. The van der Waals surface area contributed by atoms with E-state index < -0.39 is 5.63 Å². The molecule has 1 N–H and O–H groups in total. The highest BCUT2D eigenvalue weighted by atomic mass is 35.5. The number of carbonyl (C=O) groups is 1. The number of aryl methyl sites for hydroxylation is 1. The minimum absolute atomic E-state index is 0.0706. The molecule has 26 heavy (non-hydrogen) atoms. The van der Waals surface area contributed by atoms with Crippen LogP contribution < -0.4 is 15.7 Å². The average molecular weight is 373 g/mol. The van der Waals surface area contributed by atoms with Crippen molar-refractivity contribution in [3.63, 3.8) is 0 Å². The van der Waals surface area contributed by atoms with Crippen molar-refractivity contribution in [3.05, 3.63) is 68.8 Å². The number of ether oxygens (including phenoxy) is 1. The van der Waals surface area contributed by atoms with E-state index in [9.17, 15) is 9.59 Å². The van der Waals surface area contributed by atoms with E-state index >= 15 is 0 Å². The van der Waals surface area contributed by atoms with E-state index in [0.29, 0.717) is 39.4 Å². The third kappa shape index (κ3) is 3.70. The van der Waals surface area contributed by atoms with Crippen LogP contribution in [0.15, 0.2) is 45.9 Å². The van der Waals surface area contributed by atoms with Gasteiger partial charge in [0.2, 0.25) is 5.91 Å². The van der Waals surface area contributed by atoms with Crippen LogP contribution >= 0.6 is 11.6 Å². The van der Waals surface area contributed by atoms with E-state index in [0.717, 1.165) is 5.56 Å². The number of carbonyl (C=O) groups excluding carboxylic acids is 1. The van der Waals surface area contributed by atoms with E-state index in [4.69, 9.17) is 20.8 Å². The zero-order valence-corrected chi connectivity index (χ0v) is 15.1. The van der Waals surface area contributed by atoms with Crippen LogP contribution in [0.3, 0.4) is 0 Å². The number of aromatic nitrogens is 1. The molecule has 134 valence electrons. The molecular formula is C19H17ClN2O4. The second kappa shape index (κ2) is 7.58. The Labute approximate surface area is 154 Å². The van der Waals surface area contributed by atoms with E-state index in [1.807, 2.05) is 12.1 Å². The lowest BCUT2D eigenvalue weighted by atomic mass is 10.0. The van der Waals surface area contributed by atoms with Gasteiger partial charge in [-0.25, -0.2) is 4.79 Å². The molecule has 0 saturated heterocycles. The number of nitrogens with zero attached hydrogens (tertiary/aromatic N) is 1. The standard InChI is InChI=1S/C19H17ClN2O4/c1-11-13-7-15(20)17(25-2)9-16(13)26-19(24)14(11)8-18(23)22-10-12-3-5-21-6-4-12/h3-7,9H,8,10H2,1-2H3,(H,22,23). The van der Waals surface area contributed by atoms with Crippen molar-refractivity contribution in [1.82, 2.24) is 10.3 Å². The number of hydrogen-bond donors (Lipinski definition) is 1. The number of pyridine rings is 1. The van der Waals surface area contributed by atoms with E-state index in [1.165, 1.54) is 7.11 Å². The Morgan fingerprint density at radius 2 is 2.04 bits per heavy atom. The monoisotopic (exact) mass is 372 g/mol. The highest BCUT2D eigenvalue weighted by Crippen LogP contribution is 2.31.